The molecule has 0 bridgehead atoms. The maximum atomic E-state index is 6.10. The highest BCUT2D eigenvalue weighted by atomic mass is 14.6. The van der Waals surface area contributed by atoms with Gasteiger partial charge in [0.25, 0.3) is 0 Å². The van der Waals surface area contributed by atoms with E-state index < -0.39 is 0 Å². The van der Waals surface area contributed by atoms with Crippen molar-refractivity contribution in [3.8, 4) is 0 Å². The predicted octanol–water partition coefficient (Wildman–Crippen LogP) is 2.29. The number of aryl methyl sites for hydroxylation is 1. The molecule has 0 radical (unpaired) electrons. The van der Waals surface area contributed by atoms with Crippen molar-refractivity contribution in [2.45, 2.75) is 18.8 Å². The Labute approximate surface area is 96.6 Å². The molecule has 1 aromatic rings. The first-order valence-corrected chi connectivity index (χ1v) is 5.59. The zero-order valence-corrected chi connectivity index (χ0v) is 9.61. The molecule has 84 valence electrons. The summed E-state index contributed by atoms with van der Waals surface area (Å²) in [5.41, 5.74) is 15.1. The number of rotatable bonds is 2. The van der Waals surface area contributed by atoms with E-state index in [1.54, 1.807) is 0 Å². The van der Waals surface area contributed by atoms with Gasteiger partial charge in [-0.1, -0.05) is 36.4 Å². The van der Waals surface area contributed by atoms with Crippen LogP contribution in [0.1, 0.15) is 17.5 Å². The lowest BCUT2D eigenvalue weighted by molar-refractivity contribution is 0.552. The minimum Gasteiger partial charge on any atom is -0.398 e. The van der Waals surface area contributed by atoms with Crippen LogP contribution in [-0.4, -0.2) is 6.54 Å². The van der Waals surface area contributed by atoms with E-state index >= 15 is 0 Å². The highest BCUT2D eigenvalue weighted by Crippen LogP contribution is 2.35. The van der Waals surface area contributed by atoms with E-state index in [1.807, 2.05) is 13.0 Å². The second-order valence-corrected chi connectivity index (χ2v) is 4.44. The van der Waals surface area contributed by atoms with E-state index in [0.29, 0.717) is 6.54 Å². The van der Waals surface area contributed by atoms with E-state index in [9.17, 15) is 0 Å². The zero-order valence-electron chi connectivity index (χ0n) is 9.61. The average Bonchev–Trinajstić information content (AvgIpc) is 2.30. The van der Waals surface area contributed by atoms with Crippen LogP contribution in [0.25, 0.3) is 0 Å². The monoisotopic (exact) mass is 214 g/mol. The van der Waals surface area contributed by atoms with E-state index in [1.165, 1.54) is 5.56 Å². The minimum absolute atomic E-state index is 0.119. The molecule has 1 unspecified atom stereocenters. The van der Waals surface area contributed by atoms with E-state index in [4.69, 9.17) is 11.5 Å². The van der Waals surface area contributed by atoms with Crippen LogP contribution < -0.4 is 11.5 Å². The fraction of sp³-hybridized carbons (Fsp3) is 0.286. The van der Waals surface area contributed by atoms with Crippen molar-refractivity contribution in [1.29, 1.82) is 0 Å². The molecule has 1 aliphatic rings. The first-order chi connectivity index (χ1) is 7.68. The molecule has 2 heteroatoms. The van der Waals surface area contributed by atoms with Gasteiger partial charge in [0.05, 0.1) is 0 Å². The van der Waals surface area contributed by atoms with Gasteiger partial charge < -0.3 is 11.5 Å². The standard InChI is InChI=1S/C14H18N2/c1-11-5-6-12(13(16)9-11)14(10-15)7-3-2-4-8-14/h2-7,9H,8,10,15-16H2,1H3. The van der Waals surface area contributed by atoms with E-state index in [-0.39, 0.29) is 5.41 Å². The van der Waals surface area contributed by atoms with Crippen LogP contribution in [-0.2, 0) is 5.41 Å². The summed E-state index contributed by atoms with van der Waals surface area (Å²) in [5.74, 6) is 0. The van der Waals surface area contributed by atoms with Crippen LogP contribution in [0.3, 0.4) is 0 Å². The van der Waals surface area contributed by atoms with Gasteiger partial charge in [-0.2, -0.15) is 0 Å². The Kier molecular flexibility index (Phi) is 2.84. The molecule has 0 spiro atoms. The number of hydrogen-bond donors (Lipinski definition) is 2. The average molecular weight is 214 g/mol. The summed E-state index contributed by atoms with van der Waals surface area (Å²) >= 11 is 0. The van der Waals surface area contributed by atoms with Crippen molar-refractivity contribution in [2.75, 3.05) is 12.3 Å². The van der Waals surface area contributed by atoms with Gasteiger partial charge in [-0.25, -0.2) is 0 Å². The fourth-order valence-corrected chi connectivity index (χ4v) is 2.26. The lowest BCUT2D eigenvalue weighted by atomic mass is 9.74. The maximum absolute atomic E-state index is 6.10. The van der Waals surface area contributed by atoms with Crippen molar-refractivity contribution < 1.29 is 0 Å². The Balaban J connectivity index is 2.48. The van der Waals surface area contributed by atoms with Gasteiger partial charge in [0.15, 0.2) is 0 Å². The smallest absolute Gasteiger partial charge is 0.0358 e. The molecule has 0 saturated carbocycles. The fourth-order valence-electron chi connectivity index (χ4n) is 2.26. The van der Waals surface area contributed by atoms with Crippen LogP contribution in [0.4, 0.5) is 5.69 Å². The number of anilines is 1. The maximum Gasteiger partial charge on any atom is 0.0358 e. The second kappa shape index (κ2) is 4.14. The Hall–Kier alpha value is -1.54. The molecule has 4 N–H and O–H groups in total. The van der Waals surface area contributed by atoms with Gasteiger partial charge in [-0.15, -0.1) is 0 Å². The first kappa shape index (κ1) is 11.0. The summed E-state index contributed by atoms with van der Waals surface area (Å²) in [7, 11) is 0. The molecule has 0 aromatic heterocycles. The van der Waals surface area contributed by atoms with Gasteiger partial charge in [-0.3, -0.25) is 0 Å². The summed E-state index contributed by atoms with van der Waals surface area (Å²) in [6.07, 6.45) is 9.33. The Morgan fingerprint density at radius 3 is 2.69 bits per heavy atom. The molecule has 1 aliphatic carbocycles. The number of allylic oxidation sites excluding steroid dienone is 3. The molecule has 0 saturated heterocycles. The third kappa shape index (κ3) is 1.76. The van der Waals surface area contributed by atoms with Gasteiger partial charge >= 0.3 is 0 Å². The van der Waals surface area contributed by atoms with Gasteiger partial charge in [0.2, 0.25) is 0 Å². The normalized spacial score (nSPS) is 23.6. The van der Waals surface area contributed by atoms with Gasteiger partial charge in [-0.05, 0) is 30.5 Å². The lowest BCUT2D eigenvalue weighted by Gasteiger charge is -2.31. The molecule has 2 nitrogen and oxygen atoms in total. The first-order valence-electron chi connectivity index (χ1n) is 5.59. The molecule has 0 aliphatic heterocycles. The third-order valence-corrected chi connectivity index (χ3v) is 3.25. The predicted molar refractivity (Wildman–Crippen MR) is 69.2 cm³/mol. The molecular formula is C14H18N2. The number of nitrogen functional groups attached to an aromatic ring is 1. The summed E-state index contributed by atoms with van der Waals surface area (Å²) in [4.78, 5) is 0. The van der Waals surface area contributed by atoms with Crippen LogP contribution >= 0.6 is 0 Å². The largest absolute Gasteiger partial charge is 0.398 e. The number of nitrogens with two attached hydrogens (primary N) is 2. The Bertz CT molecular complexity index is 446. The van der Waals surface area contributed by atoms with E-state index in [0.717, 1.165) is 17.7 Å². The molecule has 0 fully saturated rings. The molecule has 2 rings (SSSR count). The van der Waals surface area contributed by atoms with E-state index in [2.05, 4.69) is 36.4 Å². The Morgan fingerprint density at radius 1 is 1.31 bits per heavy atom. The molecule has 1 aromatic carbocycles. The number of hydrogen-bond acceptors (Lipinski definition) is 2. The van der Waals surface area contributed by atoms with Crippen molar-refractivity contribution in [3.63, 3.8) is 0 Å². The van der Waals surface area contributed by atoms with Crippen LogP contribution in [0.15, 0.2) is 42.5 Å². The second-order valence-electron chi connectivity index (χ2n) is 4.44. The summed E-state index contributed by atoms with van der Waals surface area (Å²) in [6, 6.07) is 6.20. The molecular weight excluding hydrogens is 196 g/mol. The van der Waals surface area contributed by atoms with Gasteiger partial charge in [0.1, 0.15) is 0 Å². The van der Waals surface area contributed by atoms with Gasteiger partial charge in [0, 0.05) is 17.6 Å². The quantitative estimate of drug-likeness (QED) is 0.742. The third-order valence-electron chi connectivity index (χ3n) is 3.25. The highest BCUT2D eigenvalue weighted by Gasteiger charge is 2.29. The number of benzene rings is 1. The van der Waals surface area contributed by atoms with Crippen LogP contribution in [0.5, 0.6) is 0 Å². The molecule has 0 amide bonds. The topological polar surface area (TPSA) is 52.0 Å². The molecule has 1 atom stereocenters. The molecule has 16 heavy (non-hydrogen) atoms. The van der Waals surface area contributed by atoms with Crippen LogP contribution in [0.2, 0.25) is 0 Å². The van der Waals surface area contributed by atoms with Crippen molar-refractivity contribution >= 4 is 5.69 Å². The highest BCUT2D eigenvalue weighted by molar-refractivity contribution is 5.55. The lowest BCUT2D eigenvalue weighted by Crippen LogP contribution is -2.34. The van der Waals surface area contributed by atoms with Crippen LogP contribution in [0, 0.1) is 6.92 Å². The molecule has 0 heterocycles. The Morgan fingerprint density at radius 2 is 2.12 bits per heavy atom. The SMILES string of the molecule is Cc1ccc(C2(CN)C=CC=CC2)c(N)c1. The summed E-state index contributed by atoms with van der Waals surface area (Å²) in [5, 5.41) is 0. The van der Waals surface area contributed by atoms with Crippen molar-refractivity contribution in [3.05, 3.63) is 53.6 Å². The summed E-state index contributed by atoms with van der Waals surface area (Å²) < 4.78 is 0. The summed E-state index contributed by atoms with van der Waals surface area (Å²) in [6.45, 7) is 2.63. The minimum atomic E-state index is -0.119. The van der Waals surface area contributed by atoms with Crippen molar-refractivity contribution in [1.82, 2.24) is 0 Å². The van der Waals surface area contributed by atoms with Crippen molar-refractivity contribution in [2.24, 2.45) is 5.73 Å². The zero-order chi connectivity index (χ0) is 11.6.